The van der Waals surface area contributed by atoms with Gasteiger partial charge in [-0.25, -0.2) is 4.79 Å². The van der Waals surface area contributed by atoms with Crippen LogP contribution in [0, 0.1) is 0 Å². The summed E-state index contributed by atoms with van der Waals surface area (Å²) in [5, 5.41) is 7.12. The van der Waals surface area contributed by atoms with E-state index in [2.05, 4.69) is 4.90 Å². The number of Topliss-reactive ketones (excluding diaryl/α,β-unsaturated/α-hetero) is 1. The molecule has 0 radical (unpaired) electrons. The molecule has 1 aliphatic rings. The minimum Gasteiger partial charge on any atom is -0.497 e. The van der Waals surface area contributed by atoms with Crippen molar-refractivity contribution in [1.29, 1.82) is 0 Å². The van der Waals surface area contributed by atoms with Crippen LogP contribution in [-0.4, -0.2) is 78.2 Å². The maximum atomic E-state index is 12.5. The van der Waals surface area contributed by atoms with Gasteiger partial charge in [0.25, 0.3) is 11.7 Å². The standard InChI is InChI=1S/C19H19F3N2O3S.C2HF3O2/c1-27-14-4-2-3-13(11-14)12-23-7-9-24(10-8-23)18(26)16-6-5-15(28-16)17(25)19(20,21)22;3-2(4,5)1(6)7/h2-6,11H,7-10,12H2,1H3;(H,6,7). The minimum absolute atomic E-state index is 0.147. The zero-order chi connectivity index (χ0) is 26.4. The number of halogens is 6. The molecule has 0 unspecified atom stereocenters. The summed E-state index contributed by atoms with van der Waals surface area (Å²) in [6.45, 7) is 2.99. The first-order valence-electron chi connectivity index (χ1n) is 9.88. The molecular formula is C21H20F6N2O5S. The topological polar surface area (TPSA) is 87.2 Å². The molecule has 2 aromatic rings. The van der Waals surface area contributed by atoms with E-state index >= 15 is 0 Å². The van der Waals surface area contributed by atoms with Crippen molar-refractivity contribution < 1.29 is 50.6 Å². The molecule has 3 rings (SSSR count). The predicted octanol–water partition coefficient (Wildman–Crippen LogP) is 4.09. The number of benzene rings is 1. The number of aliphatic carboxylic acids is 1. The number of rotatable bonds is 5. The molecule has 192 valence electrons. The van der Waals surface area contributed by atoms with Gasteiger partial charge in [-0.15, -0.1) is 11.3 Å². The van der Waals surface area contributed by atoms with Crippen molar-refractivity contribution in [2.24, 2.45) is 0 Å². The van der Waals surface area contributed by atoms with Crippen LogP contribution >= 0.6 is 11.3 Å². The van der Waals surface area contributed by atoms with Crippen molar-refractivity contribution in [2.75, 3.05) is 33.3 Å². The quantitative estimate of drug-likeness (QED) is 0.467. The average Bonchev–Trinajstić information content (AvgIpc) is 3.28. The van der Waals surface area contributed by atoms with Gasteiger partial charge in [-0.2, -0.15) is 26.3 Å². The highest BCUT2D eigenvalue weighted by Crippen LogP contribution is 2.27. The summed E-state index contributed by atoms with van der Waals surface area (Å²) in [5.74, 6) is -4.23. The molecule has 2 heterocycles. The molecule has 1 fully saturated rings. The second-order valence-electron chi connectivity index (χ2n) is 7.21. The van der Waals surface area contributed by atoms with Gasteiger partial charge in [0, 0.05) is 32.7 Å². The van der Waals surface area contributed by atoms with Gasteiger partial charge in [0.05, 0.1) is 16.9 Å². The third-order valence-corrected chi connectivity index (χ3v) is 5.81. The fraction of sp³-hybridized carbons (Fsp3) is 0.381. The van der Waals surface area contributed by atoms with Crippen LogP contribution < -0.4 is 4.74 Å². The number of carboxylic acid groups (broad SMARTS) is 1. The molecule has 1 amide bonds. The third kappa shape index (κ3) is 8.24. The Bertz CT molecular complexity index is 1050. The average molecular weight is 526 g/mol. The van der Waals surface area contributed by atoms with Gasteiger partial charge in [-0.05, 0) is 29.8 Å². The minimum atomic E-state index is -5.08. The van der Waals surface area contributed by atoms with Gasteiger partial charge in [0.1, 0.15) is 5.75 Å². The maximum absolute atomic E-state index is 12.5. The van der Waals surface area contributed by atoms with Gasteiger partial charge in [-0.3, -0.25) is 14.5 Å². The lowest BCUT2D eigenvalue weighted by Gasteiger charge is -2.34. The van der Waals surface area contributed by atoms with E-state index in [-0.39, 0.29) is 10.8 Å². The molecule has 0 atom stereocenters. The van der Waals surface area contributed by atoms with Crippen molar-refractivity contribution in [2.45, 2.75) is 18.9 Å². The molecule has 35 heavy (non-hydrogen) atoms. The summed E-state index contributed by atoms with van der Waals surface area (Å²) in [5.41, 5.74) is 1.10. The maximum Gasteiger partial charge on any atom is 0.490 e. The van der Waals surface area contributed by atoms with Gasteiger partial charge in [-0.1, -0.05) is 12.1 Å². The largest absolute Gasteiger partial charge is 0.497 e. The second kappa shape index (κ2) is 11.5. The molecule has 0 bridgehead atoms. The van der Waals surface area contributed by atoms with E-state index in [4.69, 9.17) is 14.6 Å². The Balaban J connectivity index is 0.000000540. The highest BCUT2D eigenvalue weighted by molar-refractivity contribution is 7.16. The van der Waals surface area contributed by atoms with Crippen molar-refractivity contribution >= 4 is 29.0 Å². The van der Waals surface area contributed by atoms with Crippen molar-refractivity contribution in [3.8, 4) is 5.75 Å². The Hall–Kier alpha value is -3.13. The number of amides is 1. The van der Waals surface area contributed by atoms with E-state index in [1.54, 1.807) is 12.0 Å². The summed E-state index contributed by atoms with van der Waals surface area (Å²) < 4.78 is 74.5. The molecule has 14 heteroatoms. The second-order valence-corrected chi connectivity index (χ2v) is 8.30. The highest BCUT2D eigenvalue weighted by Gasteiger charge is 2.40. The Morgan fingerprint density at radius 2 is 1.51 bits per heavy atom. The van der Waals surface area contributed by atoms with E-state index in [1.807, 2.05) is 24.3 Å². The number of thiophene rings is 1. The number of hydrogen-bond acceptors (Lipinski definition) is 6. The summed E-state index contributed by atoms with van der Waals surface area (Å²) in [6, 6.07) is 10.1. The first kappa shape index (κ1) is 28.1. The zero-order valence-electron chi connectivity index (χ0n) is 18.2. The van der Waals surface area contributed by atoms with Crippen LogP contribution in [-0.2, 0) is 11.3 Å². The molecule has 1 saturated heterocycles. The lowest BCUT2D eigenvalue weighted by molar-refractivity contribution is -0.192. The van der Waals surface area contributed by atoms with Crippen molar-refractivity contribution in [1.82, 2.24) is 9.80 Å². The van der Waals surface area contributed by atoms with Crippen LogP contribution in [0.15, 0.2) is 36.4 Å². The number of carbonyl (C=O) groups is 3. The smallest absolute Gasteiger partial charge is 0.490 e. The fourth-order valence-corrected chi connectivity index (χ4v) is 3.94. The fourth-order valence-electron chi connectivity index (χ4n) is 3.01. The number of carbonyl (C=O) groups excluding carboxylic acids is 2. The van der Waals surface area contributed by atoms with Crippen LogP contribution in [0.2, 0.25) is 0 Å². The first-order chi connectivity index (χ1) is 16.2. The molecule has 7 nitrogen and oxygen atoms in total. The van der Waals surface area contributed by atoms with Gasteiger partial charge < -0.3 is 14.7 Å². The Morgan fingerprint density at radius 1 is 0.943 bits per heavy atom. The Labute approximate surface area is 199 Å². The number of carboxylic acids is 1. The molecule has 1 aliphatic heterocycles. The van der Waals surface area contributed by atoms with Crippen LogP contribution in [0.5, 0.6) is 5.75 Å². The van der Waals surface area contributed by atoms with E-state index < -0.39 is 29.0 Å². The van der Waals surface area contributed by atoms with E-state index in [9.17, 15) is 35.9 Å². The number of alkyl halides is 6. The van der Waals surface area contributed by atoms with E-state index in [0.717, 1.165) is 23.9 Å². The van der Waals surface area contributed by atoms with Gasteiger partial charge in [0.15, 0.2) is 0 Å². The van der Waals surface area contributed by atoms with E-state index in [0.29, 0.717) is 37.5 Å². The molecular weight excluding hydrogens is 506 g/mol. The summed E-state index contributed by atoms with van der Waals surface area (Å²) in [6.07, 6.45) is -10.0. The number of ether oxygens (including phenoxy) is 1. The van der Waals surface area contributed by atoms with Gasteiger partial charge in [0.2, 0.25) is 0 Å². The molecule has 1 aromatic heterocycles. The lowest BCUT2D eigenvalue weighted by atomic mass is 10.2. The van der Waals surface area contributed by atoms with Crippen LogP contribution in [0.1, 0.15) is 24.9 Å². The molecule has 1 N–H and O–H groups in total. The predicted molar refractivity (Wildman–Crippen MR) is 113 cm³/mol. The lowest BCUT2D eigenvalue weighted by Crippen LogP contribution is -2.48. The summed E-state index contributed by atoms with van der Waals surface area (Å²) in [4.78, 5) is 36.2. The number of nitrogens with zero attached hydrogens (tertiary/aromatic N) is 2. The normalized spacial score (nSPS) is 14.7. The van der Waals surface area contributed by atoms with E-state index in [1.165, 1.54) is 6.07 Å². The number of ketones is 1. The van der Waals surface area contributed by atoms with Crippen LogP contribution in [0.4, 0.5) is 26.3 Å². The Morgan fingerprint density at radius 3 is 2.03 bits per heavy atom. The number of methoxy groups -OCH3 is 1. The molecule has 0 saturated carbocycles. The first-order valence-corrected chi connectivity index (χ1v) is 10.7. The molecule has 1 aromatic carbocycles. The Kier molecular flexibility index (Phi) is 9.26. The molecule has 0 spiro atoms. The van der Waals surface area contributed by atoms with Crippen molar-refractivity contribution in [3.05, 3.63) is 51.7 Å². The third-order valence-electron chi connectivity index (χ3n) is 4.74. The SMILES string of the molecule is COc1cccc(CN2CCN(C(=O)c3ccc(C(=O)C(F)(F)F)s3)CC2)c1.O=C(O)C(F)(F)F. The summed E-state index contributed by atoms with van der Waals surface area (Å²) >= 11 is 0.589. The number of piperazine rings is 1. The highest BCUT2D eigenvalue weighted by atomic mass is 32.1. The van der Waals surface area contributed by atoms with Crippen molar-refractivity contribution in [3.63, 3.8) is 0 Å². The summed E-state index contributed by atoms with van der Waals surface area (Å²) in [7, 11) is 1.61. The number of hydrogen-bond donors (Lipinski definition) is 1. The zero-order valence-corrected chi connectivity index (χ0v) is 19.0. The van der Waals surface area contributed by atoms with Gasteiger partial charge >= 0.3 is 18.3 Å². The van der Waals surface area contributed by atoms with Crippen LogP contribution in [0.3, 0.4) is 0 Å². The monoisotopic (exact) mass is 526 g/mol. The molecule has 0 aliphatic carbocycles. The van der Waals surface area contributed by atoms with Crippen LogP contribution in [0.25, 0.3) is 0 Å².